The average molecular weight is 613 g/mol. The third-order valence-electron chi connectivity index (χ3n) is 7.16. The van der Waals surface area contributed by atoms with Crippen molar-refractivity contribution in [1.82, 2.24) is 4.90 Å². The molecule has 2 aromatic rings. The highest BCUT2D eigenvalue weighted by Crippen LogP contribution is 2.40. The Bertz CT molecular complexity index is 1340. The first-order chi connectivity index (χ1) is 18.1. The minimum Gasteiger partial charge on any atom is -0.490 e. The molecule has 0 radical (unpaired) electrons. The Morgan fingerprint density at radius 3 is 2.42 bits per heavy atom. The van der Waals surface area contributed by atoms with Gasteiger partial charge in [0.25, 0.3) is 0 Å². The zero-order valence-electron chi connectivity index (χ0n) is 23.1. The van der Waals surface area contributed by atoms with E-state index < -0.39 is 16.1 Å². The van der Waals surface area contributed by atoms with Crippen LogP contribution in [0.25, 0.3) is 6.08 Å². The first kappa shape index (κ1) is 33.4. The zero-order chi connectivity index (χ0) is 27.4. The molecule has 4 N–H and O–H groups in total. The fraction of sp³-hybridized carbons (Fsp3) is 0.429. The van der Waals surface area contributed by atoms with E-state index in [1.54, 1.807) is 27.0 Å². The van der Waals surface area contributed by atoms with Gasteiger partial charge < -0.3 is 20.1 Å². The first-order valence-electron chi connectivity index (χ1n) is 12.9. The number of ether oxygens (including phenoxy) is 2. The van der Waals surface area contributed by atoms with Gasteiger partial charge >= 0.3 is 0 Å². The number of nitrogen functional groups attached to an aromatic ring is 1. The summed E-state index contributed by atoms with van der Waals surface area (Å²) < 4.78 is 40.0. The standard InChI is InChI=1S/C28H37N5O4S.2ClH/c1-4-38(34,35)33-26-9-8-25(37-24-10-12-32(13-11-24)19(2)29)16-22(26)17-27(33)23(18-36-3)15-20-6-5-7-21(14-20)28(30)31;;/h5-9,14-16,24,27,29H,4,10-13,17-18H2,1-3H3,(H3,30,31);2*1H/b23-15-,29-19?;;. The molecular weight excluding hydrogens is 573 g/mol. The third-order valence-corrected chi connectivity index (χ3v) is 8.94. The largest absolute Gasteiger partial charge is 0.490 e. The van der Waals surface area contributed by atoms with Crippen molar-refractivity contribution in [2.75, 3.05) is 36.9 Å². The van der Waals surface area contributed by atoms with Crippen molar-refractivity contribution in [2.24, 2.45) is 5.73 Å². The Labute approximate surface area is 249 Å². The summed E-state index contributed by atoms with van der Waals surface area (Å²) in [6, 6.07) is 12.5. The molecule has 0 saturated carbocycles. The number of anilines is 1. The minimum atomic E-state index is -3.58. The number of nitrogens with zero attached hydrogens (tertiary/aromatic N) is 2. The second-order valence-corrected chi connectivity index (χ2v) is 11.9. The molecule has 1 fully saturated rings. The normalized spacial score (nSPS) is 17.5. The van der Waals surface area contributed by atoms with Crippen LogP contribution in [-0.4, -0.2) is 69.7 Å². The van der Waals surface area contributed by atoms with Crippen LogP contribution in [0.5, 0.6) is 5.75 Å². The van der Waals surface area contributed by atoms with E-state index in [0.29, 0.717) is 23.5 Å². The number of amidine groups is 2. The highest BCUT2D eigenvalue weighted by Gasteiger charge is 2.39. The van der Waals surface area contributed by atoms with Crippen LogP contribution in [0.2, 0.25) is 0 Å². The molecular formula is C28H39Cl2N5O4S. The van der Waals surface area contributed by atoms with Crippen molar-refractivity contribution < 1.29 is 17.9 Å². The lowest BCUT2D eigenvalue weighted by molar-refractivity contribution is 0.130. The molecule has 9 nitrogen and oxygen atoms in total. The number of piperidine rings is 1. The molecule has 2 aromatic carbocycles. The predicted molar refractivity (Wildman–Crippen MR) is 166 cm³/mol. The molecule has 0 bridgehead atoms. The topological polar surface area (TPSA) is 133 Å². The van der Waals surface area contributed by atoms with Crippen molar-refractivity contribution in [3.05, 3.63) is 64.7 Å². The van der Waals surface area contributed by atoms with Crippen molar-refractivity contribution in [3.8, 4) is 5.75 Å². The summed E-state index contributed by atoms with van der Waals surface area (Å²) in [5.74, 6) is 1.27. The molecule has 12 heteroatoms. The Balaban J connectivity index is 0.00000280. The summed E-state index contributed by atoms with van der Waals surface area (Å²) in [4.78, 5) is 2.05. The highest BCUT2D eigenvalue weighted by atomic mass is 35.5. The maximum absolute atomic E-state index is 13.3. The van der Waals surface area contributed by atoms with E-state index >= 15 is 0 Å². The summed E-state index contributed by atoms with van der Waals surface area (Å²) in [5.41, 5.74) is 9.50. The molecule has 0 aromatic heterocycles. The van der Waals surface area contributed by atoms with Crippen molar-refractivity contribution >= 4 is 58.3 Å². The lowest BCUT2D eigenvalue weighted by Gasteiger charge is -2.33. The van der Waals surface area contributed by atoms with Crippen LogP contribution in [0, 0.1) is 10.8 Å². The predicted octanol–water partition coefficient (Wildman–Crippen LogP) is 4.47. The van der Waals surface area contributed by atoms with Gasteiger partial charge in [0.2, 0.25) is 10.0 Å². The van der Waals surface area contributed by atoms with E-state index in [2.05, 4.69) is 4.90 Å². The van der Waals surface area contributed by atoms with Crippen LogP contribution in [0.4, 0.5) is 5.69 Å². The van der Waals surface area contributed by atoms with Gasteiger partial charge in [-0.2, -0.15) is 0 Å². The first-order valence-corrected chi connectivity index (χ1v) is 14.5. The molecule has 2 aliphatic rings. The second-order valence-electron chi connectivity index (χ2n) is 9.79. The van der Waals surface area contributed by atoms with Gasteiger partial charge in [0.1, 0.15) is 17.7 Å². The number of hydrogen-bond donors (Lipinski definition) is 3. The van der Waals surface area contributed by atoms with E-state index in [1.165, 1.54) is 4.31 Å². The molecule has 0 aliphatic carbocycles. The van der Waals surface area contributed by atoms with Crippen LogP contribution in [-0.2, 0) is 21.2 Å². The number of nitrogens with two attached hydrogens (primary N) is 1. The molecule has 40 heavy (non-hydrogen) atoms. The van der Waals surface area contributed by atoms with Crippen molar-refractivity contribution in [2.45, 2.75) is 45.3 Å². The van der Waals surface area contributed by atoms with Gasteiger partial charge in [0.05, 0.1) is 29.9 Å². The summed E-state index contributed by atoms with van der Waals surface area (Å²) >= 11 is 0. The van der Waals surface area contributed by atoms with Gasteiger partial charge in [-0.1, -0.05) is 24.3 Å². The molecule has 1 atom stereocenters. The van der Waals surface area contributed by atoms with E-state index in [0.717, 1.165) is 48.4 Å². The van der Waals surface area contributed by atoms with E-state index in [4.69, 9.17) is 26.0 Å². The fourth-order valence-electron chi connectivity index (χ4n) is 5.15. The quantitative estimate of drug-likeness (QED) is 0.283. The van der Waals surface area contributed by atoms with Crippen LogP contribution in [0.3, 0.4) is 0 Å². The molecule has 1 saturated heterocycles. The van der Waals surface area contributed by atoms with E-state index in [-0.39, 0.29) is 49.1 Å². The van der Waals surface area contributed by atoms with Gasteiger partial charge in [0.15, 0.2) is 0 Å². The zero-order valence-corrected chi connectivity index (χ0v) is 25.5. The molecule has 2 aliphatic heterocycles. The van der Waals surface area contributed by atoms with E-state index in [9.17, 15) is 8.42 Å². The highest BCUT2D eigenvalue weighted by molar-refractivity contribution is 7.92. The monoisotopic (exact) mass is 611 g/mol. The Hall–Kier alpha value is -2.79. The van der Waals surface area contributed by atoms with Gasteiger partial charge in [-0.05, 0) is 54.8 Å². The van der Waals surface area contributed by atoms with Crippen LogP contribution < -0.4 is 14.8 Å². The van der Waals surface area contributed by atoms with Gasteiger partial charge in [-0.3, -0.25) is 15.1 Å². The average Bonchev–Trinajstić information content (AvgIpc) is 3.28. The fourth-order valence-corrected chi connectivity index (χ4v) is 6.50. The number of nitrogens with one attached hydrogen (secondary N) is 2. The Morgan fingerprint density at radius 2 is 1.82 bits per heavy atom. The summed E-state index contributed by atoms with van der Waals surface area (Å²) in [6.45, 7) is 5.31. The lowest BCUT2D eigenvalue weighted by Crippen LogP contribution is -2.40. The van der Waals surface area contributed by atoms with Gasteiger partial charge in [0, 0.05) is 45.0 Å². The van der Waals surface area contributed by atoms with Crippen molar-refractivity contribution in [1.29, 1.82) is 10.8 Å². The smallest absolute Gasteiger partial charge is 0.235 e. The number of sulfonamides is 1. The van der Waals surface area contributed by atoms with Crippen molar-refractivity contribution in [3.63, 3.8) is 0 Å². The van der Waals surface area contributed by atoms with Crippen LogP contribution in [0.1, 0.15) is 43.4 Å². The lowest BCUT2D eigenvalue weighted by atomic mass is 10.00. The SMILES string of the molecule is CCS(=O)(=O)N1c2ccc(OC3CCN(C(C)=N)CC3)cc2CC1/C(=C\c1cccc(C(=N)N)c1)COC.Cl.Cl. The second kappa shape index (κ2) is 14.2. The maximum Gasteiger partial charge on any atom is 0.235 e. The van der Waals surface area contributed by atoms with Crippen LogP contribution in [0.15, 0.2) is 48.0 Å². The molecule has 0 spiro atoms. The van der Waals surface area contributed by atoms with Crippen LogP contribution >= 0.6 is 24.8 Å². The molecule has 2 heterocycles. The maximum atomic E-state index is 13.3. The third kappa shape index (κ3) is 7.48. The molecule has 220 valence electrons. The Kier molecular flexibility index (Phi) is 11.9. The minimum absolute atomic E-state index is 0. The van der Waals surface area contributed by atoms with Gasteiger partial charge in [-0.25, -0.2) is 8.42 Å². The number of hydrogen-bond acceptors (Lipinski definition) is 6. The summed E-state index contributed by atoms with van der Waals surface area (Å²) in [7, 11) is -1.98. The summed E-state index contributed by atoms with van der Waals surface area (Å²) in [6.07, 6.45) is 4.17. The number of likely N-dealkylation sites (tertiary alicyclic amines) is 1. The number of benzene rings is 2. The molecule has 1 unspecified atom stereocenters. The van der Waals surface area contributed by atoms with E-state index in [1.807, 2.05) is 42.5 Å². The number of halogens is 2. The molecule has 4 rings (SSSR count). The summed E-state index contributed by atoms with van der Waals surface area (Å²) in [5, 5.41) is 15.6. The number of methoxy groups -OCH3 is 1. The number of fused-ring (bicyclic) bond motifs is 1. The van der Waals surface area contributed by atoms with Gasteiger partial charge in [-0.15, -0.1) is 24.8 Å². The number of rotatable bonds is 9. The Morgan fingerprint density at radius 1 is 1.12 bits per heavy atom. The molecule has 0 amide bonds.